The van der Waals surface area contributed by atoms with E-state index < -0.39 is 19.1 Å². The molecule has 0 aliphatic rings. The standard InChI is InChI=1S/C9H9F2N3O/c10-9(11,6-15)5-14-7-1-2-13-8(3-7)4-12/h1-3,15H,5-6H2,(H,13,14). The maximum absolute atomic E-state index is 12.6. The van der Waals surface area contributed by atoms with Gasteiger partial charge in [0.1, 0.15) is 18.4 Å². The number of aliphatic hydroxyl groups excluding tert-OH is 1. The number of aliphatic hydroxyl groups is 1. The molecule has 0 aliphatic carbocycles. The van der Waals surface area contributed by atoms with Gasteiger partial charge in [-0.2, -0.15) is 5.26 Å². The van der Waals surface area contributed by atoms with Gasteiger partial charge in [-0.15, -0.1) is 0 Å². The zero-order valence-corrected chi connectivity index (χ0v) is 7.74. The van der Waals surface area contributed by atoms with Gasteiger partial charge in [-0.3, -0.25) is 0 Å². The van der Waals surface area contributed by atoms with Gasteiger partial charge < -0.3 is 10.4 Å². The average Bonchev–Trinajstić information content (AvgIpc) is 2.27. The number of aromatic nitrogens is 1. The van der Waals surface area contributed by atoms with Crippen LogP contribution in [0.3, 0.4) is 0 Å². The first kappa shape index (κ1) is 11.3. The Morgan fingerprint density at radius 1 is 1.60 bits per heavy atom. The second-order valence-corrected chi connectivity index (χ2v) is 2.91. The average molecular weight is 213 g/mol. The van der Waals surface area contributed by atoms with E-state index in [0.29, 0.717) is 5.69 Å². The normalized spacial score (nSPS) is 10.8. The molecule has 0 spiro atoms. The van der Waals surface area contributed by atoms with Gasteiger partial charge in [0.05, 0.1) is 6.54 Å². The highest BCUT2D eigenvalue weighted by Crippen LogP contribution is 2.14. The molecule has 4 nitrogen and oxygen atoms in total. The molecule has 0 aromatic carbocycles. The fraction of sp³-hybridized carbons (Fsp3) is 0.333. The molecule has 0 saturated carbocycles. The number of hydrogen-bond donors (Lipinski definition) is 2. The fourth-order valence-electron chi connectivity index (χ4n) is 0.889. The fourth-order valence-corrected chi connectivity index (χ4v) is 0.889. The van der Waals surface area contributed by atoms with Crippen molar-refractivity contribution in [1.82, 2.24) is 4.98 Å². The number of alkyl halides is 2. The predicted molar refractivity (Wildman–Crippen MR) is 49.5 cm³/mol. The van der Waals surface area contributed by atoms with E-state index in [1.807, 2.05) is 0 Å². The lowest BCUT2D eigenvalue weighted by Crippen LogP contribution is -2.31. The van der Waals surface area contributed by atoms with Crippen molar-refractivity contribution in [3.05, 3.63) is 24.0 Å². The second-order valence-electron chi connectivity index (χ2n) is 2.91. The van der Waals surface area contributed by atoms with Crippen molar-refractivity contribution >= 4 is 5.69 Å². The molecule has 80 valence electrons. The molecule has 0 unspecified atom stereocenters. The minimum atomic E-state index is -3.17. The van der Waals surface area contributed by atoms with Crippen LogP contribution >= 0.6 is 0 Å². The molecule has 15 heavy (non-hydrogen) atoms. The van der Waals surface area contributed by atoms with Crippen molar-refractivity contribution in [3.63, 3.8) is 0 Å². The summed E-state index contributed by atoms with van der Waals surface area (Å²) in [4.78, 5) is 3.68. The molecule has 0 aliphatic heterocycles. The third-order valence-corrected chi connectivity index (χ3v) is 1.66. The molecule has 0 fully saturated rings. The number of halogens is 2. The smallest absolute Gasteiger partial charge is 0.287 e. The maximum Gasteiger partial charge on any atom is 0.287 e. The first-order valence-corrected chi connectivity index (χ1v) is 4.16. The van der Waals surface area contributed by atoms with Crippen LogP contribution in [0.2, 0.25) is 0 Å². The van der Waals surface area contributed by atoms with E-state index >= 15 is 0 Å². The van der Waals surface area contributed by atoms with Crippen LogP contribution in [0.5, 0.6) is 0 Å². The summed E-state index contributed by atoms with van der Waals surface area (Å²) in [5, 5.41) is 19.2. The summed E-state index contributed by atoms with van der Waals surface area (Å²) in [6, 6.07) is 4.61. The first-order valence-electron chi connectivity index (χ1n) is 4.16. The van der Waals surface area contributed by atoms with E-state index in [9.17, 15) is 8.78 Å². The molecular formula is C9H9F2N3O. The van der Waals surface area contributed by atoms with Crippen LogP contribution in [0.4, 0.5) is 14.5 Å². The van der Waals surface area contributed by atoms with Crippen LogP contribution in [0.1, 0.15) is 5.69 Å². The molecule has 2 N–H and O–H groups in total. The summed E-state index contributed by atoms with van der Waals surface area (Å²) in [5.74, 6) is -3.17. The van der Waals surface area contributed by atoms with Crippen molar-refractivity contribution < 1.29 is 13.9 Å². The number of rotatable bonds is 4. The quantitative estimate of drug-likeness (QED) is 0.782. The molecular weight excluding hydrogens is 204 g/mol. The van der Waals surface area contributed by atoms with Crippen LogP contribution in [-0.2, 0) is 0 Å². The van der Waals surface area contributed by atoms with Crippen molar-refractivity contribution in [1.29, 1.82) is 5.26 Å². The topological polar surface area (TPSA) is 68.9 Å². The molecule has 0 radical (unpaired) electrons. The Bertz CT molecular complexity index is 376. The number of nitrogens with zero attached hydrogens (tertiary/aromatic N) is 2. The first-order chi connectivity index (χ1) is 7.07. The van der Waals surface area contributed by atoms with E-state index in [2.05, 4.69) is 10.3 Å². The predicted octanol–water partition coefficient (Wildman–Crippen LogP) is 0.993. The Morgan fingerprint density at radius 2 is 2.33 bits per heavy atom. The minimum absolute atomic E-state index is 0.146. The van der Waals surface area contributed by atoms with Crippen molar-refractivity contribution in [2.75, 3.05) is 18.5 Å². The van der Waals surface area contributed by atoms with E-state index in [-0.39, 0.29) is 5.69 Å². The highest BCUT2D eigenvalue weighted by molar-refractivity contribution is 5.46. The monoisotopic (exact) mass is 213 g/mol. The van der Waals surface area contributed by atoms with Crippen LogP contribution < -0.4 is 5.32 Å². The van der Waals surface area contributed by atoms with E-state index in [0.717, 1.165) is 0 Å². The third kappa shape index (κ3) is 3.48. The Balaban J connectivity index is 2.62. The molecule has 0 atom stereocenters. The lowest BCUT2D eigenvalue weighted by Gasteiger charge is -2.14. The van der Waals surface area contributed by atoms with Crippen LogP contribution in [-0.4, -0.2) is 29.2 Å². The highest BCUT2D eigenvalue weighted by Gasteiger charge is 2.27. The molecule has 0 amide bonds. The van der Waals surface area contributed by atoms with Gasteiger partial charge in [0.2, 0.25) is 0 Å². The van der Waals surface area contributed by atoms with Gasteiger partial charge >= 0.3 is 0 Å². The van der Waals surface area contributed by atoms with Gasteiger partial charge in [0.25, 0.3) is 5.92 Å². The van der Waals surface area contributed by atoms with Gasteiger partial charge in [-0.25, -0.2) is 13.8 Å². The summed E-state index contributed by atoms with van der Waals surface area (Å²) in [7, 11) is 0. The Kier molecular flexibility index (Phi) is 3.52. The van der Waals surface area contributed by atoms with Crippen LogP contribution in [0.15, 0.2) is 18.3 Å². The Morgan fingerprint density at radius 3 is 2.93 bits per heavy atom. The molecule has 0 saturated heterocycles. The number of hydrogen-bond acceptors (Lipinski definition) is 4. The molecule has 1 rings (SSSR count). The van der Waals surface area contributed by atoms with Crippen molar-refractivity contribution in [2.45, 2.75) is 5.92 Å². The summed E-state index contributed by atoms with van der Waals surface area (Å²) < 4.78 is 25.3. The van der Waals surface area contributed by atoms with Gasteiger partial charge in [0, 0.05) is 11.9 Å². The molecule has 6 heteroatoms. The summed E-state index contributed by atoms with van der Waals surface area (Å²) >= 11 is 0. The van der Waals surface area contributed by atoms with Gasteiger partial charge in [0.15, 0.2) is 0 Å². The molecule has 1 aromatic heterocycles. The minimum Gasteiger partial charge on any atom is -0.390 e. The van der Waals surface area contributed by atoms with Crippen molar-refractivity contribution in [3.8, 4) is 6.07 Å². The summed E-state index contributed by atoms with van der Waals surface area (Å²) in [6.07, 6.45) is 1.35. The second kappa shape index (κ2) is 4.66. The van der Waals surface area contributed by atoms with Gasteiger partial charge in [-0.05, 0) is 12.1 Å². The summed E-state index contributed by atoms with van der Waals surface area (Å²) in [6.45, 7) is -1.89. The van der Waals surface area contributed by atoms with Crippen molar-refractivity contribution in [2.24, 2.45) is 0 Å². The van der Waals surface area contributed by atoms with E-state index in [4.69, 9.17) is 10.4 Å². The zero-order valence-electron chi connectivity index (χ0n) is 7.74. The molecule has 1 heterocycles. The molecule has 1 aromatic rings. The summed E-state index contributed by atoms with van der Waals surface area (Å²) in [5.41, 5.74) is 0.516. The Hall–Kier alpha value is -1.74. The zero-order chi connectivity index (χ0) is 11.3. The van der Waals surface area contributed by atoms with E-state index in [1.165, 1.54) is 18.3 Å². The van der Waals surface area contributed by atoms with Crippen LogP contribution in [0, 0.1) is 11.3 Å². The highest BCUT2D eigenvalue weighted by atomic mass is 19.3. The number of nitrogens with one attached hydrogen (secondary N) is 1. The Labute approximate surface area is 85.2 Å². The van der Waals surface area contributed by atoms with Gasteiger partial charge in [-0.1, -0.05) is 0 Å². The lowest BCUT2D eigenvalue weighted by atomic mass is 10.3. The number of anilines is 1. The lowest BCUT2D eigenvalue weighted by molar-refractivity contribution is -0.0372. The SMILES string of the molecule is N#Cc1cc(NCC(F)(F)CO)ccn1. The van der Waals surface area contributed by atoms with Crippen LogP contribution in [0.25, 0.3) is 0 Å². The number of nitriles is 1. The number of pyridine rings is 1. The van der Waals surface area contributed by atoms with E-state index in [1.54, 1.807) is 6.07 Å². The third-order valence-electron chi connectivity index (χ3n) is 1.66. The molecule has 0 bridgehead atoms. The maximum atomic E-state index is 12.6. The largest absolute Gasteiger partial charge is 0.390 e.